The Bertz CT molecular complexity index is 1530. The van der Waals surface area contributed by atoms with E-state index in [0.717, 1.165) is 43.5 Å². The van der Waals surface area contributed by atoms with E-state index in [0.29, 0.717) is 47.1 Å². The molecule has 1 aromatic heterocycles. The van der Waals surface area contributed by atoms with Crippen LogP contribution in [0.15, 0.2) is 60.7 Å². The van der Waals surface area contributed by atoms with Crippen molar-refractivity contribution in [2.75, 3.05) is 18.1 Å². The van der Waals surface area contributed by atoms with Crippen molar-refractivity contribution in [2.24, 2.45) is 5.92 Å². The molecule has 248 valence electrons. The quantitative estimate of drug-likeness (QED) is 0.160. The molecule has 0 radical (unpaired) electrons. The first kappa shape index (κ1) is 34.8. The molecule has 1 aliphatic rings. The predicted molar refractivity (Wildman–Crippen MR) is 175 cm³/mol. The Balaban J connectivity index is 1.31. The Morgan fingerprint density at radius 2 is 1.93 bits per heavy atom. The average molecular weight is 641 g/mol. The maximum atomic E-state index is 15.2. The van der Waals surface area contributed by atoms with Gasteiger partial charge in [-0.15, -0.1) is 0 Å². The molecule has 0 bridgehead atoms. The zero-order chi connectivity index (χ0) is 33.4. The number of nitrogens with zero attached hydrogens (tertiary/aromatic N) is 3. The van der Waals surface area contributed by atoms with Gasteiger partial charge < -0.3 is 15.0 Å². The number of anilines is 1. The van der Waals surface area contributed by atoms with E-state index in [9.17, 15) is 18.0 Å². The lowest BCUT2D eigenvalue weighted by molar-refractivity contribution is -0.153. The first-order valence-electron chi connectivity index (χ1n) is 15.9. The van der Waals surface area contributed by atoms with E-state index >= 15 is 4.39 Å². The van der Waals surface area contributed by atoms with Crippen molar-refractivity contribution < 1.29 is 27.1 Å². The lowest BCUT2D eigenvalue weighted by Gasteiger charge is -2.30. The molecular weight excluding hydrogens is 596 g/mol. The van der Waals surface area contributed by atoms with Gasteiger partial charge >= 0.3 is 6.18 Å². The minimum atomic E-state index is -4.37. The summed E-state index contributed by atoms with van der Waals surface area (Å²) in [6.07, 6.45) is 4.27. The number of ether oxygens (including phenoxy) is 1. The summed E-state index contributed by atoms with van der Waals surface area (Å²) in [7, 11) is 0. The Morgan fingerprint density at radius 1 is 1.20 bits per heavy atom. The largest absolute Gasteiger partial charge is 0.484 e. The van der Waals surface area contributed by atoms with Gasteiger partial charge in [-0.2, -0.15) is 13.2 Å². The third-order valence-corrected chi connectivity index (χ3v) is 8.40. The fourth-order valence-corrected chi connectivity index (χ4v) is 6.05. The van der Waals surface area contributed by atoms with Crippen molar-refractivity contribution in [2.45, 2.75) is 85.0 Å². The fourth-order valence-electron chi connectivity index (χ4n) is 6.05. The number of aromatic nitrogens is 2. The number of rotatable bonds is 12. The Labute approximate surface area is 269 Å². The fraction of sp³-hybridized carbons (Fsp3) is 0.444. The predicted octanol–water partition coefficient (Wildman–Crippen LogP) is 8.44. The van der Waals surface area contributed by atoms with Crippen LogP contribution in [-0.2, 0) is 19.4 Å². The van der Waals surface area contributed by atoms with Gasteiger partial charge in [-0.3, -0.25) is 9.36 Å². The number of carbonyl (C=O) groups is 1. The van der Waals surface area contributed by atoms with Crippen molar-refractivity contribution in [3.8, 4) is 5.75 Å². The lowest BCUT2D eigenvalue weighted by atomic mass is 9.90. The van der Waals surface area contributed by atoms with E-state index in [1.807, 2.05) is 39.0 Å². The molecule has 3 aromatic rings. The normalized spacial score (nSPS) is 17.3. The van der Waals surface area contributed by atoms with Crippen LogP contribution < -0.4 is 15.0 Å². The first-order chi connectivity index (χ1) is 21.8. The van der Waals surface area contributed by atoms with Crippen LogP contribution in [0.5, 0.6) is 5.75 Å². The molecule has 2 atom stereocenters. The van der Waals surface area contributed by atoms with Crippen LogP contribution in [0.2, 0.25) is 0 Å². The van der Waals surface area contributed by atoms with E-state index in [1.165, 1.54) is 6.07 Å². The second-order valence-corrected chi connectivity index (χ2v) is 12.2. The second kappa shape index (κ2) is 15.5. The van der Waals surface area contributed by atoms with Crippen LogP contribution in [0.25, 0.3) is 6.20 Å². The molecule has 1 aliphatic heterocycles. The third-order valence-electron chi connectivity index (χ3n) is 8.40. The molecule has 0 aliphatic carbocycles. The maximum absolute atomic E-state index is 15.2. The summed E-state index contributed by atoms with van der Waals surface area (Å²) in [5, 5.41) is 2.93. The number of benzene rings is 2. The van der Waals surface area contributed by atoms with Crippen LogP contribution in [0, 0.1) is 18.7 Å². The van der Waals surface area contributed by atoms with Crippen molar-refractivity contribution in [1.82, 2.24) is 14.9 Å². The highest BCUT2D eigenvalue weighted by molar-refractivity contribution is 5.94. The monoisotopic (exact) mass is 640 g/mol. The van der Waals surface area contributed by atoms with E-state index in [2.05, 4.69) is 28.7 Å². The molecule has 1 amide bonds. The highest BCUT2D eigenvalue weighted by Crippen LogP contribution is 2.31. The molecule has 2 heterocycles. The number of amides is 1. The van der Waals surface area contributed by atoms with Crippen LogP contribution in [0.3, 0.4) is 0 Å². The zero-order valence-electron chi connectivity index (χ0n) is 27.1. The SMILES string of the molecule is C=C(C)/C=C\n1c(C)nc(CC)c1C(=O)NCc1ccc(CCC2CCCN(c3ccc(OCC(F)(F)F)cc3)[C@@H](C)C2)c(F)c1. The third kappa shape index (κ3) is 9.47. The molecule has 1 fully saturated rings. The number of hydrogen-bond donors (Lipinski definition) is 1. The van der Waals surface area contributed by atoms with Gasteiger partial charge in [-0.25, -0.2) is 9.37 Å². The van der Waals surface area contributed by atoms with Gasteiger partial charge in [0.05, 0.1) is 5.69 Å². The lowest BCUT2D eigenvalue weighted by Crippen LogP contribution is -2.33. The average Bonchev–Trinajstić information content (AvgIpc) is 3.21. The summed E-state index contributed by atoms with van der Waals surface area (Å²) >= 11 is 0. The molecule has 0 saturated carbocycles. The standard InChI is InChI=1S/C36H44F4N4O2/c1-6-33-34(44(26(5)42-33)19-17-24(2)3)35(45)41-22-28-10-12-29(32(37)21-28)11-9-27-8-7-18-43(25(4)20-27)30-13-15-31(16-14-30)46-23-36(38,39)40/h10,12-17,19,21,25,27H,2,6-9,11,18,20,22-23H2,1,3-5H3,(H,41,45)/b19-17-/t25-,27?/m0/s1. The number of aryl methyl sites for hydroxylation is 3. The van der Waals surface area contributed by atoms with Gasteiger partial charge in [0.15, 0.2) is 6.61 Å². The van der Waals surface area contributed by atoms with Crippen molar-refractivity contribution in [3.63, 3.8) is 0 Å². The van der Waals surface area contributed by atoms with Gasteiger partial charge in [0.1, 0.15) is 23.1 Å². The van der Waals surface area contributed by atoms with Crippen molar-refractivity contribution in [1.29, 1.82) is 0 Å². The van der Waals surface area contributed by atoms with Crippen LogP contribution in [-0.4, -0.2) is 40.8 Å². The van der Waals surface area contributed by atoms with Crippen LogP contribution in [0.4, 0.5) is 23.2 Å². The van der Waals surface area contributed by atoms with E-state index < -0.39 is 12.8 Å². The summed E-state index contributed by atoms with van der Waals surface area (Å²) in [6.45, 7) is 11.4. The summed E-state index contributed by atoms with van der Waals surface area (Å²) in [5.41, 5.74) is 4.32. The molecule has 1 saturated heterocycles. The van der Waals surface area contributed by atoms with Crippen molar-refractivity contribution >= 4 is 17.8 Å². The zero-order valence-corrected chi connectivity index (χ0v) is 27.1. The van der Waals surface area contributed by atoms with E-state index in [4.69, 9.17) is 4.74 Å². The van der Waals surface area contributed by atoms with Gasteiger partial charge in [-0.1, -0.05) is 31.2 Å². The summed E-state index contributed by atoms with van der Waals surface area (Å²) in [6, 6.07) is 12.2. The maximum Gasteiger partial charge on any atom is 0.422 e. The highest BCUT2D eigenvalue weighted by Gasteiger charge is 2.29. The number of allylic oxidation sites excluding steroid dienone is 2. The van der Waals surface area contributed by atoms with Gasteiger partial charge in [-0.05, 0) is 113 Å². The molecule has 10 heteroatoms. The number of imidazole rings is 1. The minimum absolute atomic E-state index is 0.191. The number of halogens is 4. The Hall–Kier alpha value is -4.08. The molecular formula is C36H44F4N4O2. The topological polar surface area (TPSA) is 59.4 Å². The molecule has 1 N–H and O–H groups in total. The molecule has 1 unspecified atom stereocenters. The molecule has 6 nitrogen and oxygen atoms in total. The summed E-state index contributed by atoms with van der Waals surface area (Å²) in [5.74, 6) is 0.778. The van der Waals surface area contributed by atoms with Gasteiger partial charge in [0.2, 0.25) is 0 Å². The second-order valence-electron chi connectivity index (χ2n) is 12.2. The number of hydrogen-bond acceptors (Lipinski definition) is 4. The van der Waals surface area contributed by atoms with E-state index in [-0.39, 0.29) is 30.1 Å². The molecule has 46 heavy (non-hydrogen) atoms. The number of alkyl halides is 3. The Kier molecular flexibility index (Phi) is 11.7. The Morgan fingerprint density at radius 3 is 2.59 bits per heavy atom. The van der Waals surface area contributed by atoms with E-state index in [1.54, 1.807) is 35.0 Å². The number of nitrogens with one attached hydrogen (secondary N) is 1. The molecule has 2 aromatic carbocycles. The van der Waals surface area contributed by atoms with Crippen LogP contribution >= 0.6 is 0 Å². The van der Waals surface area contributed by atoms with Gasteiger partial charge in [0.25, 0.3) is 5.91 Å². The summed E-state index contributed by atoms with van der Waals surface area (Å²) < 4.78 is 59.2. The summed E-state index contributed by atoms with van der Waals surface area (Å²) in [4.78, 5) is 20.0. The van der Waals surface area contributed by atoms with Crippen molar-refractivity contribution in [3.05, 3.63) is 94.8 Å². The van der Waals surface area contributed by atoms with Crippen LogP contribution in [0.1, 0.15) is 79.6 Å². The smallest absolute Gasteiger partial charge is 0.422 e. The number of carbonyl (C=O) groups excluding carboxylic acids is 1. The molecule has 4 rings (SSSR count). The first-order valence-corrected chi connectivity index (χ1v) is 15.9. The molecule has 0 spiro atoms. The highest BCUT2D eigenvalue weighted by atomic mass is 19.4. The minimum Gasteiger partial charge on any atom is -0.484 e. The van der Waals surface area contributed by atoms with Gasteiger partial charge in [0, 0.05) is 31.0 Å².